The van der Waals surface area contributed by atoms with E-state index in [1.165, 1.54) is 0 Å². The zero-order valence-electron chi connectivity index (χ0n) is 9.84. The van der Waals surface area contributed by atoms with Crippen LogP contribution in [0.3, 0.4) is 0 Å². The summed E-state index contributed by atoms with van der Waals surface area (Å²) in [5, 5.41) is 13.1. The van der Waals surface area contributed by atoms with Gasteiger partial charge in [-0.25, -0.2) is 0 Å². The van der Waals surface area contributed by atoms with Crippen LogP contribution in [0.2, 0.25) is 0 Å². The number of ether oxygens (including phenoxy) is 1. The number of nitriles is 1. The Morgan fingerprint density at radius 3 is 2.88 bits per heavy atom. The van der Waals surface area contributed by atoms with Crippen molar-refractivity contribution in [2.75, 3.05) is 7.11 Å². The van der Waals surface area contributed by atoms with Gasteiger partial charge < -0.3 is 4.74 Å². The second-order valence-electron chi connectivity index (χ2n) is 3.61. The van der Waals surface area contributed by atoms with Gasteiger partial charge in [0.25, 0.3) is 0 Å². The SMILES string of the molecule is CCn1cc(-c2cc(C#N)ccc2OC)cn1. The van der Waals surface area contributed by atoms with Crippen LogP contribution in [-0.2, 0) is 6.54 Å². The van der Waals surface area contributed by atoms with Crippen molar-refractivity contribution in [1.29, 1.82) is 5.26 Å². The Balaban J connectivity index is 2.52. The topological polar surface area (TPSA) is 50.8 Å². The highest BCUT2D eigenvalue weighted by Crippen LogP contribution is 2.30. The molecule has 0 atom stereocenters. The first kappa shape index (κ1) is 11.2. The van der Waals surface area contributed by atoms with Crippen molar-refractivity contribution in [3.05, 3.63) is 36.2 Å². The molecule has 0 saturated carbocycles. The second-order valence-corrected chi connectivity index (χ2v) is 3.61. The normalized spacial score (nSPS) is 9.94. The minimum Gasteiger partial charge on any atom is -0.496 e. The highest BCUT2D eigenvalue weighted by Gasteiger charge is 2.09. The summed E-state index contributed by atoms with van der Waals surface area (Å²) in [7, 11) is 1.62. The smallest absolute Gasteiger partial charge is 0.126 e. The number of hydrogen-bond donors (Lipinski definition) is 0. The first-order chi connectivity index (χ1) is 8.28. The van der Waals surface area contributed by atoms with Crippen LogP contribution in [-0.4, -0.2) is 16.9 Å². The van der Waals surface area contributed by atoms with E-state index in [1.54, 1.807) is 25.4 Å². The van der Waals surface area contributed by atoms with E-state index in [-0.39, 0.29) is 0 Å². The lowest BCUT2D eigenvalue weighted by Crippen LogP contribution is -1.92. The van der Waals surface area contributed by atoms with Crippen molar-refractivity contribution in [3.8, 4) is 22.9 Å². The van der Waals surface area contributed by atoms with Gasteiger partial charge in [0.1, 0.15) is 5.75 Å². The van der Waals surface area contributed by atoms with E-state index >= 15 is 0 Å². The molecule has 2 rings (SSSR count). The summed E-state index contributed by atoms with van der Waals surface area (Å²) in [6.45, 7) is 2.85. The third-order valence-electron chi connectivity index (χ3n) is 2.60. The fourth-order valence-corrected chi connectivity index (χ4v) is 1.68. The number of nitrogens with zero attached hydrogens (tertiary/aromatic N) is 3. The molecule has 0 spiro atoms. The fourth-order valence-electron chi connectivity index (χ4n) is 1.68. The van der Waals surface area contributed by atoms with Crippen molar-refractivity contribution in [2.45, 2.75) is 13.5 Å². The molecule has 0 radical (unpaired) electrons. The van der Waals surface area contributed by atoms with Crippen molar-refractivity contribution < 1.29 is 4.74 Å². The summed E-state index contributed by atoms with van der Waals surface area (Å²) in [6.07, 6.45) is 3.72. The molecule has 0 aliphatic carbocycles. The maximum Gasteiger partial charge on any atom is 0.126 e. The molecule has 0 bridgehead atoms. The molecule has 4 nitrogen and oxygen atoms in total. The zero-order valence-corrected chi connectivity index (χ0v) is 9.84. The molecule has 0 unspecified atom stereocenters. The number of methoxy groups -OCH3 is 1. The number of benzene rings is 1. The largest absolute Gasteiger partial charge is 0.496 e. The van der Waals surface area contributed by atoms with E-state index in [0.29, 0.717) is 5.56 Å². The van der Waals surface area contributed by atoms with Crippen molar-refractivity contribution >= 4 is 0 Å². The van der Waals surface area contributed by atoms with E-state index in [9.17, 15) is 0 Å². The lowest BCUT2D eigenvalue weighted by atomic mass is 10.1. The molecule has 0 fully saturated rings. The van der Waals surface area contributed by atoms with Crippen molar-refractivity contribution in [3.63, 3.8) is 0 Å². The Morgan fingerprint density at radius 2 is 2.29 bits per heavy atom. The average molecular weight is 227 g/mol. The monoisotopic (exact) mass is 227 g/mol. The Kier molecular flexibility index (Phi) is 3.10. The summed E-state index contributed by atoms with van der Waals surface area (Å²) in [5.41, 5.74) is 2.47. The molecule has 0 aliphatic rings. The Morgan fingerprint density at radius 1 is 1.47 bits per heavy atom. The molecule has 0 N–H and O–H groups in total. The molecule has 0 amide bonds. The number of hydrogen-bond acceptors (Lipinski definition) is 3. The van der Waals surface area contributed by atoms with Gasteiger partial charge in [-0.2, -0.15) is 10.4 Å². The predicted octanol–water partition coefficient (Wildman–Crippen LogP) is 2.45. The molecule has 86 valence electrons. The van der Waals surface area contributed by atoms with Gasteiger partial charge in [-0.05, 0) is 25.1 Å². The molecule has 1 aromatic carbocycles. The first-order valence-electron chi connectivity index (χ1n) is 5.39. The summed E-state index contributed by atoms with van der Waals surface area (Å²) < 4.78 is 7.14. The van der Waals surface area contributed by atoms with E-state index in [2.05, 4.69) is 11.2 Å². The second kappa shape index (κ2) is 4.71. The minimum absolute atomic E-state index is 0.616. The van der Waals surface area contributed by atoms with Crippen LogP contribution in [0.15, 0.2) is 30.6 Å². The zero-order chi connectivity index (χ0) is 12.3. The van der Waals surface area contributed by atoms with Crippen LogP contribution in [0, 0.1) is 11.3 Å². The molecule has 2 aromatic rings. The summed E-state index contributed by atoms with van der Waals surface area (Å²) in [4.78, 5) is 0. The number of aryl methyl sites for hydroxylation is 1. The van der Waals surface area contributed by atoms with Crippen LogP contribution in [0.4, 0.5) is 0 Å². The standard InChI is InChI=1S/C13H13N3O/c1-3-16-9-11(8-15-16)12-6-10(7-14)4-5-13(12)17-2/h4-6,8-9H,3H2,1-2H3. The van der Waals surface area contributed by atoms with Crippen molar-refractivity contribution in [2.24, 2.45) is 0 Å². The molecule has 4 heteroatoms. The summed E-state index contributed by atoms with van der Waals surface area (Å²) in [5.74, 6) is 0.750. The van der Waals surface area contributed by atoms with Gasteiger partial charge in [0, 0.05) is 23.9 Å². The van der Waals surface area contributed by atoms with E-state index in [0.717, 1.165) is 23.4 Å². The third-order valence-corrected chi connectivity index (χ3v) is 2.60. The van der Waals surface area contributed by atoms with E-state index in [1.807, 2.05) is 23.9 Å². The highest BCUT2D eigenvalue weighted by molar-refractivity contribution is 5.71. The van der Waals surface area contributed by atoms with Crippen LogP contribution in [0.1, 0.15) is 12.5 Å². The van der Waals surface area contributed by atoms with E-state index < -0.39 is 0 Å². The highest BCUT2D eigenvalue weighted by atomic mass is 16.5. The molecule has 17 heavy (non-hydrogen) atoms. The lowest BCUT2D eigenvalue weighted by molar-refractivity contribution is 0.416. The van der Waals surface area contributed by atoms with Gasteiger partial charge in [-0.1, -0.05) is 0 Å². The Labute approximate surface area is 100 Å². The quantitative estimate of drug-likeness (QED) is 0.809. The maximum atomic E-state index is 8.91. The van der Waals surface area contributed by atoms with Gasteiger partial charge in [-0.15, -0.1) is 0 Å². The Hall–Kier alpha value is -2.28. The Bertz CT molecular complexity index is 566. The number of rotatable bonds is 3. The molecular formula is C13H13N3O. The van der Waals surface area contributed by atoms with Crippen LogP contribution in [0.25, 0.3) is 11.1 Å². The van der Waals surface area contributed by atoms with Gasteiger partial charge >= 0.3 is 0 Å². The molecule has 0 saturated heterocycles. The van der Waals surface area contributed by atoms with Gasteiger partial charge in [-0.3, -0.25) is 4.68 Å². The average Bonchev–Trinajstić information content (AvgIpc) is 2.86. The van der Waals surface area contributed by atoms with Crippen molar-refractivity contribution in [1.82, 2.24) is 9.78 Å². The minimum atomic E-state index is 0.616. The maximum absolute atomic E-state index is 8.91. The van der Waals surface area contributed by atoms with Gasteiger partial charge in [0.05, 0.1) is 24.9 Å². The summed E-state index contributed by atoms with van der Waals surface area (Å²) in [6, 6.07) is 7.49. The van der Waals surface area contributed by atoms with E-state index in [4.69, 9.17) is 10.00 Å². The predicted molar refractivity (Wildman–Crippen MR) is 64.6 cm³/mol. The van der Waals surface area contributed by atoms with Gasteiger partial charge in [0.2, 0.25) is 0 Å². The van der Waals surface area contributed by atoms with Crippen LogP contribution in [0.5, 0.6) is 5.75 Å². The third kappa shape index (κ3) is 2.13. The lowest BCUT2D eigenvalue weighted by Gasteiger charge is -2.06. The van der Waals surface area contributed by atoms with Crippen LogP contribution < -0.4 is 4.74 Å². The van der Waals surface area contributed by atoms with Gasteiger partial charge in [0.15, 0.2) is 0 Å². The molecule has 1 aromatic heterocycles. The molecular weight excluding hydrogens is 214 g/mol. The summed E-state index contributed by atoms with van der Waals surface area (Å²) >= 11 is 0. The fraction of sp³-hybridized carbons (Fsp3) is 0.231. The van der Waals surface area contributed by atoms with Crippen LogP contribution >= 0.6 is 0 Å². The molecule has 0 aliphatic heterocycles. The number of aromatic nitrogens is 2. The molecule has 1 heterocycles. The first-order valence-corrected chi connectivity index (χ1v) is 5.39.